The van der Waals surface area contributed by atoms with Gasteiger partial charge < -0.3 is 4.74 Å². The molecular weight excluding hydrogens is 420 g/mol. The van der Waals surface area contributed by atoms with Crippen molar-refractivity contribution in [1.29, 1.82) is 0 Å². The number of benzene rings is 2. The number of unbranched alkanes of at least 4 members (excludes halogenated alkanes) is 1. The fraction of sp³-hybridized carbons (Fsp3) is 0.273. The van der Waals surface area contributed by atoms with Crippen LogP contribution in [0.2, 0.25) is 5.02 Å². The normalized spacial score (nSPS) is 15.0. The van der Waals surface area contributed by atoms with Crippen molar-refractivity contribution in [1.82, 2.24) is 15.2 Å². The van der Waals surface area contributed by atoms with E-state index in [1.807, 2.05) is 36.4 Å². The topological polar surface area (TPSA) is 68.2 Å². The number of carbonyl (C=O) groups excluding carboxylic acids is 1. The number of thioether (sulfide) groups is 1. The lowest BCUT2D eigenvalue weighted by atomic mass is 10.1. The lowest BCUT2D eigenvalue weighted by molar-refractivity contribution is -0.118. The van der Waals surface area contributed by atoms with Crippen LogP contribution in [0.15, 0.2) is 53.7 Å². The van der Waals surface area contributed by atoms with Crippen molar-refractivity contribution in [3.63, 3.8) is 0 Å². The average molecular weight is 441 g/mol. The monoisotopic (exact) mass is 440 g/mol. The van der Waals surface area contributed by atoms with Crippen molar-refractivity contribution in [2.75, 3.05) is 10.7 Å². The molecule has 1 aromatic heterocycles. The maximum atomic E-state index is 12.7. The number of anilines is 1. The van der Waals surface area contributed by atoms with E-state index in [9.17, 15) is 4.79 Å². The van der Waals surface area contributed by atoms with Gasteiger partial charge in [0.05, 0.1) is 5.69 Å². The first-order valence-electron chi connectivity index (χ1n) is 9.77. The highest BCUT2D eigenvalue weighted by Gasteiger charge is 2.34. The zero-order valence-electron chi connectivity index (χ0n) is 16.7. The molecule has 1 aliphatic rings. The molecule has 6 nitrogen and oxygen atoms in total. The van der Waals surface area contributed by atoms with Crippen LogP contribution in [-0.4, -0.2) is 26.8 Å². The van der Waals surface area contributed by atoms with E-state index in [2.05, 4.69) is 22.1 Å². The number of ether oxygens (including phenoxy) is 1. The summed E-state index contributed by atoms with van der Waals surface area (Å²) in [6, 6.07) is 14.8. The van der Waals surface area contributed by atoms with E-state index in [-0.39, 0.29) is 5.91 Å². The van der Waals surface area contributed by atoms with E-state index in [4.69, 9.17) is 16.3 Å². The molecule has 1 aliphatic heterocycles. The summed E-state index contributed by atoms with van der Waals surface area (Å²) in [5.41, 5.74) is 2.70. The Balaban J connectivity index is 1.86. The number of hydrogen-bond donors (Lipinski definition) is 0. The molecule has 0 bridgehead atoms. The predicted molar refractivity (Wildman–Crippen MR) is 119 cm³/mol. The maximum Gasteiger partial charge on any atom is 0.247 e. The van der Waals surface area contributed by atoms with E-state index in [1.54, 1.807) is 28.8 Å². The molecule has 0 saturated carbocycles. The van der Waals surface area contributed by atoms with Gasteiger partial charge in [-0.25, -0.2) is 0 Å². The summed E-state index contributed by atoms with van der Waals surface area (Å²) >= 11 is 7.77. The quantitative estimate of drug-likeness (QED) is 0.384. The zero-order chi connectivity index (χ0) is 21.1. The number of carbonyl (C=O) groups is 1. The smallest absolute Gasteiger partial charge is 0.247 e. The van der Waals surface area contributed by atoms with E-state index in [0.717, 1.165) is 29.7 Å². The summed E-state index contributed by atoms with van der Waals surface area (Å²) in [5, 5.41) is 9.82. The Morgan fingerprint density at radius 3 is 2.80 bits per heavy atom. The molecule has 8 heteroatoms. The van der Waals surface area contributed by atoms with E-state index >= 15 is 0 Å². The van der Waals surface area contributed by atoms with Crippen LogP contribution < -0.4 is 9.64 Å². The van der Waals surface area contributed by atoms with Crippen LogP contribution >= 0.6 is 23.4 Å². The van der Waals surface area contributed by atoms with Crippen molar-refractivity contribution in [3.05, 3.63) is 59.1 Å². The first-order chi connectivity index (χ1) is 14.6. The molecule has 2 heterocycles. The van der Waals surface area contributed by atoms with Gasteiger partial charge in [-0.2, -0.15) is 4.98 Å². The first-order valence-corrected chi connectivity index (χ1v) is 11.1. The second kappa shape index (κ2) is 9.02. The Hall–Kier alpha value is -2.64. The van der Waals surface area contributed by atoms with Crippen molar-refractivity contribution in [2.45, 2.75) is 38.1 Å². The minimum absolute atomic E-state index is 0.161. The van der Waals surface area contributed by atoms with Crippen LogP contribution in [-0.2, 0) is 4.79 Å². The molecule has 0 aliphatic carbocycles. The van der Waals surface area contributed by atoms with Crippen LogP contribution in [0.3, 0.4) is 0 Å². The van der Waals surface area contributed by atoms with Crippen molar-refractivity contribution >= 4 is 35.0 Å². The van der Waals surface area contributed by atoms with Gasteiger partial charge in [0.15, 0.2) is 5.69 Å². The van der Waals surface area contributed by atoms with Gasteiger partial charge in [0.1, 0.15) is 0 Å². The van der Waals surface area contributed by atoms with E-state index in [0.29, 0.717) is 27.4 Å². The number of fused-ring (bicyclic) bond motifs is 3. The second-order valence-electron chi connectivity index (χ2n) is 6.88. The molecule has 3 aromatic rings. The number of halogens is 1. The zero-order valence-corrected chi connectivity index (χ0v) is 18.3. The minimum atomic E-state index is -0.728. The van der Waals surface area contributed by atoms with Gasteiger partial charge in [-0.15, -0.1) is 10.2 Å². The molecule has 0 unspecified atom stereocenters. The number of rotatable bonds is 5. The van der Waals surface area contributed by atoms with Crippen LogP contribution in [0.4, 0.5) is 5.69 Å². The summed E-state index contributed by atoms with van der Waals surface area (Å²) in [6.07, 6.45) is 1.44. The number of amides is 1. The molecular formula is C22H21ClN4O2S. The molecule has 2 aromatic carbocycles. The van der Waals surface area contributed by atoms with Crippen LogP contribution in [0, 0.1) is 0 Å². The van der Waals surface area contributed by atoms with E-state index in [1.165, 1.54) is 6.92 Å². The predicted octanol–water partition coefficient (Wildman–Crippen LogP) is 5.53. The van der Waals surface area contributed by atoms with Gasteiger partial charge in [0.2, 0.25) is 23.2 Å². The highest BCUT2D eigenvalue weighted by Crippen LogP contribution is 2.43. The van der Waals surface area contributed by atoms with Crippen molar-refractivity contribution < 1.29 is 9.53 Å². The van der Waals surface area contributed by atoms with Gasteiger partial charge in [-0.05, 0) is 24.6 Å². The van der Waals surface area contributed by atoms with Crippen molar-refractivity contribution in [2.24, 2.45) is 0 Å². The molecule has 0 radical (unpaired) electrons. The van der Waals surface area contributed by atoms with Gasteiger partial charge in [-0.1, -0.05) is 67.0 Å². The molecule has 1 amide bonds. The summed E-state index contributed by atoms with van der Waals surface area (Å²) in [5.74, 6) is 1.10. The summed E-state index contributed by atoms with van der Waals surface area (Å²) < 4.78 is 6.32. The minimum Gasteiger partial charge on any atom is -0.447 e. The molecule has 1 atom stereocenters. The molecule has 0 fully saturated rings. The fourth-order valence-corrected chi connectivity index (χ4v) is 4.36. The third-order valence-corrected chi connectivity index (χ3v) is 5.87. The Labute approximate surface area is 184 Å². The Kier molecular flexibility index (Phi) is 6.20. The van der Waals surface area contributed by atoms with Crippen molar-refractivity contribution in [3.8, 4) is 17.1 Å². The molecule has 0 saturated heterocycles. The summed E-state index contributed by atoms with van der Waals surface area (Å²) in [7, 11) is 0. The Morgan fingerprint density at radius 1 is 1.20 bits per heavy atom. The van der Waals surface area contributed by atoms with Gasteiger partial charge in [0.25, 0.3) is 0 Å². The number of para-hydroxylation sites is 1. The molecule has 154 valence electrons. The van der Waals surface area contributed by atoms with Crippen LogP contribution in [0.5, 0.6) is 5.88 Å². The molecule has 0 spiro atoms. The fourth-order valence-electron chi connectivity index (χ4n) is 3.30. The lowest BCUT2D eigenvalue weighted by Gasteiger charge is -2.29. The second-order valence-corrected chi connectivity index (χ2v) is 8.38. The van der Waals surface area contributed by atoms with Crippen LogP contribution in [0.1, 0.15) is 38.5 Å². The van der Waals surface area contributed by atoms with Gasteiger partial charge in [-0.3, -0.25) is 9.69 Å². The SMILES string of the molecule is CCCCSc1nnc2c(n1)O[C@@H](c1cccc(Cl)c1)N(C(C)=O)c1ccccc1-2. The Bertz CT molecular complexity index is 1080. The number of hydrogen-bond acceptors (Lipinski definition) is 6. The Morgan fingerprint density at radius 2 is 2.03 bits per heavy atom. The summed E-state index contributed by atoms with van der Waals surface area (Å²) in [6.45, 7) is 3.65. The highest BCUT2D eigenvalue weighted by molar-refractivity contribution is 7.99. The summed E-state index contributed by atoms with van der Waals surface area (Å²) in [4.78, 5) is 19.0. The largest absolute Gasteiger partial charge is 0.447 e. The first kappa shape index (κ1) is 20.6. The average Bonchev–Trinajstić information content (AvgIpc) is 2.88. The highest BCUT2D eigenvalue weighted by atomic mass is 35.5. The molecule has 0 N–H and O–H groups in total. The van der Waals surface area contributed by atoms with Crippen LogP contribution in [0.25, 0.3) is 11.3 Å². The third kappa shape index (κ3) is 4.13. The van der Waals surface area contributed by atoms with Gasteiger partial charge in [0, 0.05) is 28.8 Å². The maximum absolute atomic E-state index is 12.7. The number of nitrogens with zero attached hydrogens (tertiary/aromatic N) is 4. The molecule has 30 heavy (non-hydrogen) atoms. The molecule has 4 rings (SSSR count). The third-order valence-electron chi connectivity index (χ3n) is 4.71. The standard InChI is InChI=1S/C22H21ClN4O2S/c1-3-4-12-30-22-24-20-19(25-26-22)17-10-5-6-11-18(17)27(14(2)28)21(29-20)15-8-7-9-16(23)13-15/h5-11,13,21H,3-4,12H2,1-2H3/t21-/m0/s1. The number of aromatic nitrogens is 3. The van der Waals surface area contributed by atoms with Gasteiger partial charge >= 0.3 is 0 Å². The lowest BCUT2D eigenvalue weighted by Crippen LogP contribution is -2.36. The van der Waals surface area contributed by atoms with E-state index < -0.39 is 6.23 Å².